The second-order valence-corrected chi connectivity index (χ2v) is 3.86. The second-order valence-electron chi connectivity index (χ2n) is 3.86. The summed E-state index contributed by atoms with van der Waals surface area (Å²) in [5.74, 6) is 0.923. The van der Waals surface area contributed by atoms with Crippen LogP contribution in [0.4, 0.5) is 5.82 Å². The molecule has 88 valence electrons. The third kappa shape index (κ3) is 2.78. The van der Waals surface area contributed by atoms with E-state index in [1.807, 2.05) is 12.1 Å². The summed E-state index contributed by atoms with van der Waals surface area (Å²) < 4.78 is 0. The first kappa shape index (κ1) is 11.5. The van der Waals surface area contributed by atoms with E-state index in [9.17, 15) is 0 Å². The van der Waals surface area contributed by atoms with Crippen LogP contribution in [-0.2, 0) is 6.42 Å². The van der Waals surface area contributed by atoms with E-state index in [-0.39, 0.29) is 0 Å². The molecule has 0 amide bonds. The minimum absolute atomic E-state index is 0.815. The number of nitrogens with zero attached hydrogens (tertiary/aromatic N) is 3. The van der Waals surface area contributed by atoms with Gasteiger partial charge in [0.2, 0.25) is 0 Å². The molecule has 2 heterocycles. The Hall–Kier alpha value is -1.97. The Kier molecular flexibility index (Phi) is 3.65. The van der Waals surface area contributed by atoms with Gasteiger partial charge in [-0.05, 0) is 31.5 Å². The molecule has 0 saturated carbocycles. The Labute approximate surface area is 101 Å². The van der Waals surface area contributed by atoms with Crippen molar-refractivity contribution in [1.29, 1.82) is 0 Å². The highest BCUT2D eigenvalue weighted by atomic mass is 15.0. The van der Waals surface area contributed by atoms with Crippen molar-refractivity contribution in [2.45, 2.75) is 20.3 Å². The van der Waals surface area contributed by atoms with Crippen LogP contribution in [-0.4, -0.2) is 21.5 Å². The summed E-state index contributed by atoms with van der Waals surface area (Å²) in [6.45, 7) is 4.98. The van der Waals surface area contributed by atoms with Gasteiger partial charge in [0, 0.05) is 30.9 Å². The highest BCUT2D eigenvalue weighted by Crippen LogP contribution is 2.16. The van der Waals surface area contributed by atoms with Crippen LogP contribution >= 0.6 is 0 Å². The Morgan fingerprint density at radius 3 is 2.65 bits per heavy atom. The first-order chi connectivity index (χ1) is 8.31. The van der Waals surface area contributed by atoms with Gasteiger partial charge in [-0.25, -0.2) is 9.97 Å². The zero-order chi connectivity index (χ0) is 12.1. The van der Waals surface area contributed by atoms with Gasteiger partial charge in [-0.15, -0.1) is 0 Å². The van der Waals surface area contributed by atoms with Crippen LogP contribution in [0.15, 0.2) is 30.9 Å². The number of aromatic nitrogens is 3. The van der Waals surface area contributed by atoms with Crippen LogP contribution in [0.3, 0.4) is 0 Å². The lowest BCUT2D eigenvalue weighted by Gasteiger charge is -2.09. The predicted molar refractivity (Wildman–Crippen MR) is 68.0 cm³/mol. The minimum atomic E-state index is 0.815. The molecule has 0 spiro atoms. The van der Waals surface area contributed by atoms with Gasteiger partial charge in [-0.1, -0.05) is 0 Å². The first-order valence-electron chi connectivity index (χ1n) is 5.74. The van der Waals surface area contributed by atoms with Crippen molar-refractivity contribution in [2.75, 3.05) is 11.9 Å². The van der Waals surface area contributed by atoms with Crippen LogP contribution in [0, 0.1) is 6.92 Å². The Balaban J connectivity index is 2.24. The van der Waals surface area contributed by atoms with E-state index in [4.69, 9.17) is 0 Å². The van der Waals surface area contributed by atoms with Gasteiger partial charge in [0.1, 0.15) is 12.1 Å². The van der Waals surface area contributed by atoms with Crippen LogP contribution in [0.2, 0.25) is 0 Å². The molecule has 0 unspecified atom stereocenters. The Bertz CT molecular complexity index is 482. The monoisotopic (exact) mass is 228 g/mol. The third-order valence-electron chi connectivity index (χ3n) is 2.65. The number of pyridine rings is 1. The molecule has 17 heavy (non-hydrogen) atoms. The van der Waals surface area contributed by atoms with Gasteiger partial charge < -0.3 is 5.32 Å². The quantitative estimate of drug-likeness (QED) is 0.871. The van der Waals surface area contributed by atoms with Crippen molar-refractivity contribution in [2.24, 2.45) is 0 Å². The SMILES string of the molecule is CCNc1ncnc(Cc2ccncc2)c1C. The molecular weight excluding hydrogens is 212 g/mol. The van der Waals surface area contributed by atoms with Gasteiger partial charge in [0.15, 0.2) is 0 Å². The molecule has 0 fully saturated rings. The maximum Gasteiger partial charge on any atom is 0.132 e. The van der Waals surface area contributed by atoms with Gasteiger partial charge in [-0.3, -0.25) is 4.98 Å². The second kappa shape index (κ2) is 5.39. The first-order valence-corrected chi connectivity index (χ1v) is 5.74. The molecule has 0 atom stereocenters. The van der Waals surface area contributed by atoms with E-state index in [1.54, 1.807) is 18.7 Å². The van der Waals surface area contributed by atoms with Crippen LogP contribution in [0.25, 0.3) is 0 Å². The molecule has 1 N–H and O–H groups in total. The van der Waals surface area contributed by atoms with Gasteiger partial charge in [0.25, 0.3) is 0 Å². The zero-order valence-corrected chi connectivity index (χ0v) is 10.1. The molecule has 0 aromatic carbocycles. The molecule has 0 saturated heterocycles. The summed E-state index contributed by atoms with van der Waals surface area (Å²) in [7, 11) is 0. The van der Waals surface area contributed by atoms with Crippen molar-refractivity contribution in [3.8, 4) is 0 Å². The topological polar surface area (TPSA) is 50.7 Å². The molecule has 4 heteroatoms. The van der Waals surface area contributed by atoms with E-state index >= 15 is 0 Å². The highest BCUT2D eigenvalue weighted by molar-refractivity contribution is 5.45. The lowest BCUT2D eigenvalue weighted by molar-refractivity contribution is 0.983. The highest BCUT2D eigenvalue weighted by Gasteiger charge is 2.06. The number of rotatable bonds is 4. The summed E-state index contributed by atoms with van der Waals surface area (Å²) >= 11 is 0. The Morgan fingerprint density at radius 1 is 1.18 bits per heavy atom. The number of hydrogen-bond acceptors (Lipinski definition) is 4. The molecule has 0 radical (unpaired) electrons. The van der Waals surface area contributed by atoms with E-state index < -0.39 is 0 Å². The molecule has 2 aromatic rings. The lowest BCUT2D eigenvalue weighted by Crippen LogP contribution is -2.06. The molecule has 4 nitrogen and oxygen atoms in total. The fourth-order valence-electron chi connectivity index (χ4n) is 1.70. The third-order valence-corrected chi connectivity index (χ3v) is 2.65. The molecular formula is C13H16N4. The van der Waals surface area contributed by atoms with Gasteiger partial charge in [-0.2, -0.15) is 0 Å². The molecule has 0 aliphatic rings. The lowest BCUT2D eigenvalue weighted by atomic mass is 10.1. The normalized spacial score (nSPS) is 10.2. The summed E-state index contributed by atoms with van der Waals surface area (Å²) in [6, 6.07) is 4.02. The minimum Gasteiger partial charge on any atom is -0.370 e. The average molecular weight is 228 g/mol. The largest absolute Gasteiger partial charge is 0.370 e. The zero-order valence-electron chi connectivity index (χ0n) is 10.1. The molecule has 2 rings (SSSR count). The van der Waals surface area contributed by atoms with E-state index in [1.165, 1.54) is 5.56 Å². The molecule has 0 aliphatic heterocycles. The maximum atomic E-state index is 4.34. The number of nitrogens with one attached hydrogen (secondary N) is 1. The fourth-order valence-corrected chi connectivity index (χ4v) is 1.70. The summed E-state index contributed by atoms with van der Waals surface area (Å²) in [5, 5.41) is 3.24. The smallest absolute Gasteiger partial charge is 0.132 e. The fraction of sp³-hybridized carbons (Fsp3) is 0.308. The van der Waals surface area contributed by atoms with Gasteiger partial charge in [0.05, 0.1) is 5.69 Å². The molecule has 2 aromatic heterocycles. The van der Waals surface area contributed by atoms with E-state index in [0.29, 0.717) is 0 Å². The summed E-state index contributed by atoms with van der Waals surface area (Å²) in [6.07, 6.45) is 6.03. The molecule has 0 bridgehead atoms. The predicted octanol–water partition coefficient (Wildman–Crippen LogP) is 2.20. The average Bonchev–Trinajstić information content (AvgIpc) is 2.36. The van der Waals surface area contributed by atoms with Crippen molar-refractivity contribution in [3.05, 3.63) is 47.7 Å². The van der Waals surface area contributed by atoms with Gasteiger partial charge >= 0.3 is 0 Å². The van der Waals surface area contributed by atoms with E-state index in [2.05, 4.69) is 34.1 Å². The molecule has 0 aliphatic carbocycles. The van der Waals surface area contributed by atoms with Crippen LogP contribution in [0.1, 0.15) is 23.7 Å². The summed E-state index contributed by atoms with van der Waals surface area (Å²) in [5.41, 5.74) is 3.39. The van der Waals surface area contributed by atoms with Crippen molar-refractivity contribution >= 4 is 5.82 Å². The standard InChI is InChI=1S/C13H16N4/c1-3-15-13-10(2)12(16-9-17-13)8-11-4-6-14-7-5-11/h4-7,9H,3,8H2,1-2H3,(H,15,16,17). The van der Waals surface area contributed by atoms with Crippen molar-refractivity contribution in [3.63, 3.8) is 0 Å². The Morgan fingerprint density at radius 2 is 1.94 bits per heavy atom. The van der Waals surface area contributed by atoms with Crippen LogP contribution in [0.5, 0.6) is 0 Å². The summed E-state index contributed by atoms with van der Waals surface area (Å²) in [4.78, 5) is 12.6. The van der Waals surface area contributed by atoms with E-state index in [0.717, 1.165) is 30.0 Å². The maximum absolute atomic E-state index is 4.34. The number of hydrogen-bond donors (Lipinski definition) is 1. The number of anilines is 1. The van der Waals surface area contributed by atoms with Crippen molar-refractivity contribution in [1.82, 2.24) is 15.0 Å². The van der Waals surface area contributed by atoms with Crippen molar-refractivity contribution < 1.29 is 0 Å². The van der Waals surface area contributed by atoms with Crippen LogP contribution < -0.4 is 5.32 Å².